The van der Waals surface area contributed by atoms with Crippen LogP contribution in [0, 0.1) is 10.1 Å². The van der Waals surface area contributed by atoms with E-state index in [0.29, 0.717) is 30.5 Å². The first-order valence-corrected chi connectivity index (χ1v) is 7.80. The topological polar surface area (TPSA) is 104 Å². The van der Waals surface area contributed by atoms with Crippen molar-refractivity contribution in [3.05, 3.63) is 70.4 Å². The van der Waals surface area contributed by atoms with Crippen LogP contribution in [-0.4, -0.2) is 26.1 Å². The van der Waals surface area contributed by atoms with Gasteiger partial charge in [0.25, 0.3) is 0 Å². The standard InChI is InChI=1S/C17H14N4O4/c22-21(23)15-8-14(15)17-19-16(20-25-17)12-4-1-5-13(7-12)24-10-11-3-2-6-18-9-11/h1-7,9,14-15H,8,10H2. The summed E-state index contributed by atoms with van der Waals surface area (Å²) in [6.07, 6.45) is 3.90. The molecule has 3 aromatic rings. The van der Waals surface area contributed by atoms with Gasteiger partial charge in [-0.3, -0.25) is 15.1 Å². The lowest BCUT2D eigenvalue weighted by molar-refractivity contribution is -0.496. The molecule has 0 radical (unpaired) electrons. The Morgan fingerprint density at radius 1 is 1.32 bits per heavy atom. The zero-order chi connectivity index (χ0) is 17.2. The van der Waals surface area contributed by atoms with Gasteiger partial charge in [-0.2, -0.15) is 4.98 Å². The third kappa shape index (κ3) is 3.32. The van der Waals surface area contributed by atoms with Crippen LogP contribution in [0.2, 0.25) is 0 Å². The summed E-state index contributed by atoms with van der Waals surface area (Å²) < 4.78 is 10.9. The molecule has 1 aromatic carbocycles. The first-order valence-electron chi connectivity index (χ1n) is 7.80. The molecule has 0 bridgehead atoms. The van der Waals surface area contributed by atoms with Gasteiger partial charge in [0.15, 0.2) is 0 Å². The minimum absolute atomic E-state index is 0.277. The van der Waals surface area contributed by atoms with E-state index in [1.54, 1.807) is 12.4 Å². The van der Waals surface area contributed by atoms with Crippen LogP contribution in [0.15, 0.2) is 53.3 Å². The molecule has 1 aliphatic rings. The molecule has 0 saturated heterocycles. The summed E-state index contributed by atoms with van der Waals surface area (Å²) in [5, 5.41) is 14.7. The molecule has 126 valence electrons. The van der Waals surface area contributed by atoms with E-state index in [1.807, 2.05) is 36.4 Å². The van der Waals surface area contributed by atoms with Crippen molar-refractivity contribution in [2.45, 2.75) is 25.0 Å². The summed E-state index contributed by atoms with van der Waals surface area (Å²) in [4.78, 5) is 18.8. The molecular weight excluding hydrogens is 324 g/mol. The Hall–Kier alpha value is -3.29. The SMILES string of the molecule is O=[N+]([O-])C1CC1c1nc(-c2cccc(OCc3cccnc3)c2)no1. The number of nitrogens with zero attached hydrogens (tertiary/aromatic N) is 4. The molecule has 2 atom stereocenters. The molecule has 8 heteroatoms. The van der Waals surface area contributed by atoms with Gasteiger partial charge in [0.1, 0.15) is 18.3 Å². The van der Waals surface area contributed by atoms with Crippen LogP contribution in [0.5, 0.6) is 5.75 Å². The maximum Gasteiger partial charge on any atom is 0.237 e. The Kier molecular flexibility index (Phi) is 3.85. The molecule has 2 aromatic heterocycles. The average molecular weight is 338 g/mol. The van der Waals surface area contributed by atoms with E-state index in [2.05, 4.69) is 15.1 Å². The number of hydrogen-bond donors (Lipinski definition) is 0. The van der Waals surface area contributed by atoms with E-state index in [1.165, 1.54) is 0 Å². The number of rotatable bonds is 6. The van der Waals surface area contributed by atoms with Crippen LogP contribution in [0.3, 0.4) is 0 Å². The van der Waals surface area contributed by atoms with E-state index in [4.69, 9.17) is 9.26 Å². The normalized spacial score (nSPS) is 18.7. The van der Waals surface area contributed by atoms with Crippen LogP contribution in [0.1, 0.15) is 23.8 Å². The highest BCUT2D eigenvalue weighted by molar-refractivity contribution is 5.57. The molecule has 2 unspecified atom stereocenters. The third-order valence-electron chi connectivity index (χ3n) is 4.01. The molecule has 1 fully saturated rings. The fourth-order valence-corrected chi connectivity index (χ4v) is 2.56. The summed E-state index contributed by atoms with van der Waals surface area (Å²) in [7, 11) is 0. The van der Waals surface area contributed by atoms with E-state index in [9.17, 15) is 10.1 Å². The summed E-state index contributed by atoms with van der Waals surface area (Å²) >= 11 is 0. The second kappa shape index (κ2) is 6.31. The highest BCUT2D eigenvalue weighted by Gasteiger charge is 2.53. The largest absolute Gasteiger partial charge is 0.489 e. The Morgan fingerprint density at radius 3 is 3.00 bits per heavy atom. The molecule has 0 aliphatic heterocycles. The number of aromatic nitrogens is 3. The maximum atomic E-state index is 10.8. The zero-order valence-electron chi connectivity index (χ0n) is 13.1. The Balaban J connectivity index is 1.46. The number of hydrogen-bond acceptors (Lipinski definition) is 7. The quantitative estimate of drug-likeness (QED) is 0.502. The van der Waals surface area contributed by atoms with Gasteiger partial charge >= 0.3 is 0 Å². The van der Waals surface area contributed by atoms with Crippen LogP contribution in [0.4, 0.5) is 0 Å². The molecular formula is C17H14N4O4. The molecule has 25 heavy (non-hydrogen) atoms. The van der Waals surface area contributed by atoms with Crippen molar-refractivity contribution in [3.63, 3.8) is 0 Å². The van der Waals surface area contributed by atoms with E-state index in [-0.39, 0.29) is 10.8 Å². The molecule has 0 spiro atoms. The summed E-state index contributed by atoms with van der Waals surface area (Å²) in [6, 6.07) is 10.5. The van der Waals surface area contributed by atoms with Crippen molar-refractivity contribution in [1.82, 2.24) is 15.1 Å². The number of benzene rings is 1. The van der Waals surface area contributed by atoms with E-state index >= 15 is 0 Å². The molecule has 8 nitrogen and oxygen atoms in total. The fraction of sp³-hybridized carbons (Fsp3) is 0.235. The predicted octanol–water partition coefficient (Wildman–Crippen LogP) is 2.84. The van der Waals surface area contributed by atoms with Gasteiger partial charge in [-0.05, 0) is 18.2 Å². The monoisotopic (exact) mass is 338 g/mol. The van der Waals surface area contributed by atoms with Gasteiger partial charge in [-0.1, -0.05) is 23.4 Å². The fourth-order valence-electron chi connectivity index (χ4n) is 2.56. The van der Waals surface area contributed by atoms with Crippen LogP contribution >= 0.6 is 0 Å². The van der Waals surface area contributed by atoms with Crippen molar-refractivity contribution >= 4 is 0 Å². The van der Waals surface area contributed by atoms with E-state index < -0.39 is 6.04 Å². The highest BCUT2D eigenvalue weighted by Crippen LogP contribution is 2.42. The lowest BCUT2D eigenvalue weighted by Crippen LogP contribution is -2.02. The molecule has 1 saturated carbocycles. The van der Waals surface area contributed by atoms with Gasteiger partial charge in [-0.25, -0.2) is 0 Å². The van der Waals surface area contributed by atoms with Crippen molar-refractivity contribution in [3.8, 4) is 17.1 Å². The maximum absolute atomic E-state index is 10.8. The zero-order valence-corrected chi connectivity index (χ0v) is 13.1. The second-order valence-electron chi connectivity index (χ2n) is 5.83. The minimum Gasteiger partial charge on any atom is -0.489 e. The van der Waals surface area contributed by atoms with Gasteiger partial charge in [0, 0.05) is 34.9 Å². The molecule has 0 N–H and O–H groups in total. The smallest absolute Gasteiger partial charge is 0.237 e. The van der Waals surface area contributed by atoms with Crippen molar-refractivity contribution < 1.29 is 14.2 Å². The first kappa shape index (κ1) is 15.3. The molecule has 4 rings (SSSR count). The van der Waals surface area contributed by atoms with Gasteiger partial charge in [0.05, 0.1) is 0 Å². The van der Waals surface area contributed by atoms with E-state index in [0.717, 1.165) is 11.1 Å². The van der Waals surface area contributed by atoms with Crippen LogP contribution in [0.25, 0.3) is 11.4 Å². The lowest BCUT2D eigenvalue weighted by atomic mass is 10.2. The minimum atomic E-state index is -0.609. The van der Waals surface area contributed by atoms with Crippen molar-refractivity contribution in [2.24, 2.45) is 0 Å². The van der Waals surface area contributed by atoms with Gasteiger partial charge in [0.2, 0.25) is 17.8 Å². The van der Waals surface area contributed by atoms with Crippen molar-refractivity contribution in [1.29, 1.82) is 0 Å². The summed E-state index contributed by atoms with van der Waals surface area (Å²) in [5.74, 6) is 1.11. The number of pyridine rings is 1. The Bertz CT molecular complexity index is 896. The van der Waals surface area contributed by atoms with Crippen molar-refractivity contribution in [2.75, 3.05) is 0 Å². The number of nitro groups is 1. The van der Waals surface area contributed by atoms with Crippen LogP contribution in [-0.2, 0) is 6.61 Å². The lowest BCUT2D eigenvalue weighted by Gasteiger charge is -2.06. The summed E-state index contributed by atoms with van der Waals surface area (Å²) in [5.41, 5.74) is 1.70. The Labute approximate surface area is 142 Å². The molecule has 2 heterocycles. The summed E-state index contributed by atoms with van der Waals surface area (Å²) in [6.45, 7) is 0.404. The Morgan fingerprint density at radius 2 is 2.24 bits per heavy atom. The van der Waals surface area contributed by atoms with Gasteiger partial charge < -0.3 is 9.26 Å². The average Bonchev–Trinajstić information content (AvgIpc) is 3.31. The molecule has 1 aliphatic carbocycles. The third-order valence-corrected chi connectivity index (χ3v) is 4.01. The highest BCUT2D eigenvalue weighted by atomic mass is 16.6. The first-order chi connectivity index (χ1) is 12.2. The number of ether oxygens (including phenoxy) is 1. The molecule has 0 amide bonds. The van der Waals surface area contributed by atoms with Crippen LogP contribution < -0.4 is 4.74 Å². The van der Waals surface area contributed by atoms with Gasteiger partial charge in [-0.15, -0.1) is 0 Å². The second-order valence-corrected chi connectivity index (χ2v) is 5.83. The predicted molar refractivity (Wildman–Crippen MR) is 86.4 cm³/mol.